The second-order valence-corrected chi connectivity index (χ2v) is 5.91. The second-order valence-electron chi connectivity index (χ2n) is 3.98. The number of hydrogen-bond donors (Lipinski definition) is 3. The zero-order chi connectivity index (χ0) is 13.4. The summed E-state index contributed by atoms with van der Waals surface area (Å²) in [6, 6.07) is 6.74. The summed E-state index contributed by atoms with van der Waals surface area (Å²) in [6.45, 7) is 3.54. The van der Waals surface area contributed by atoms with Crippen molar-refractivity contribution in [2.45, 2.75) is 13.3 Å². The van der Waals surface area contributed by atoms with E-state index in [2.05, 4.69) is 10.0 Å². The van der Waals surface area contributed by atoms with E-state index in [1.54, 1.807) is 24.3 Å². The largest absolute Gasteiger partial charge is 0.508 e. The first-order chi connectivity index (χ1) is 8.53. The van der Waals surface area contributed by atoms with E-state index >= 15 is 0 Å². The van der Waals surface area contributed by atoms with Gasteiger partial charge in [-0.3, -0.25) is 0 Å². The number of nitrogens with one attached hydrogen (secondary N) is 2. The maximum absolute atomic E-state index is 11.6. The summed E-state index contributed by atoms with van der Waals surface area (Å²) in [5, 5.41) is 12.1. The molecule has 0 aliphatic carbocycles. The lowest BCUT2D eigenvalue weighted by Crippen LogP contribution is -2.33. The van der Waals surface area contributed by atoms with Crippen molar-refractivity contribution in [2.75, 3.05) is 25.4 Å². The van der Waals surface area contributed by atoms with Gasteiger partial charge in [0.25, 0.3) is 0 Å². The first-order valence-electron chi connectivity index (χ1n) is 5.99. The summed E-state index contributed by atoms with van der Waals surface area (Å²) in [4.78, 5) is 0. The standard InChI is InChI=1S/C12H20N2O3S/c1-2-13-9-10-18(16,17)14-8-7-11-3-5-12(15)6-4-11/h3-6,13-15H,2,7-10H2,1H3. The molecule has 1 rings (SSSR count). The summed E-state index contributed by atoms with van der Waals surface area (Å²) < 4.78 is 25.7. The Morgan fingerprint density at radius 1 is 1.17 bits per heavy atom. The summed E-state index contributed by atoms with van der Waals surface area (Å²) in [5.74, 6) is 0.307. The van der Waals surface area contributed by atoms with Gasteiger partial charge in [-0.2, -0.15) is 0 Å². The zero-order valence-corrected chi connectivity index (χ0v) is 11.3. The number of phenolic OH excluding ortho intramolecular Hbond substituents is 1. The monoisotopic (exact) mass is 272 g/mol. The molecule has 1 aromatic rings. The molecule has 0 aromatic heterocycles. The number of hydrogen-bond acceptors (Lipinski definition) is 4. The van der Waals surface area contributed by atoms with Gasteiger partial charge in [0.15, 0.2) is 0 Å². The molecule has 0 heterocycles. The van der Waals surface area contributed by atoms with Crippen molar-refractivity contribution >= 4 is 10.0 Å². The Bertz CT molecular complexity index is 443. The van der Waals surface area contributed by atoms with Crippen molar-refractivity contribution in [1.29, 1.82) is 0 Å². The third kappa shape index (κ3) is 6.00. The van der Waals surface area contributed by atoms with E-state index in [1.807, 2.05) is 6.92 Å². The van der Waals surface area contributed by atoms with E-state index in [1.165, 1.54) is 0 Å². The predicted octanol–water partition coefficient (Wildman–Crippen LogP) is 0.464. The highest BCUT2D eigenvalue weighted by Crippen LogP contribution is 2.09. The van der Waals surface area contributed by atoms with Crippen LogP contribution in [0.5, 0.6) is 5.75 Å². The predicted molar refractivity (Wildman–Crippen MR) is 72.1 cm³/mol. The fourth-order valence-electron chi connectivity index (χ4n) is 1.47. The fraction of sp³-hybridized carbons (Fsp3) is 0.500. The van der Waals surface area contributed by atoms with Crippen molar-refractivity contribution in [3.05, 3.63) is 29.8 Å². The van der Waals surface area contributed by atoms with Gasteiger partial charge in [-0.25, -0.2) is 13.1 Å². The molecular weight excluding hydrogens is 252 g/mol. The van der Waals surface area contributed by atoms with Crippen LogP contribution in [0.1, 0.15) is 12.5 Å². The quantitative estimate of drug-likeness (QED) is 0.601. The van der Waals surface area contributed by atoms with Crippen molar-refractivity contribution in [1.82, 2.24) is 10.0 Å². The SMILES string of the molecule is CCNCCS(=O)(=O)NCCc1ccc(O)cc1. The molecule has 1 aromatic carbocycles. The van der Waals surface area contributed by atoms with Gasteiger partial charge in [0, 0.05) is 13.1 Å². The molecule has 0 bridgehead atoms. The van der Waals surface area contributed by atoms with Crippen molar-refractivity contribution in [2.24, 2.45) is 0 Å². The van der Waals surface area contributed by atoms with Gasteiger partial charge in [0.2, 0.25) is 10.0 Å². The van der Waals surface area contributed by atoms with Crippen molar-refractivity contribution in [3.8, 4) is 5.75 Å². The molecule has 0 atom stereocenters. The Kier molecular flexibility index (Phi) is 6.11. The van der Waals surface area contributed by atoms with Gasteiger partial charge < -0.3 is 10.4 Å². The van der Waals surface area contributed by atoms with Gasteiger partial charge in [-0.15, -0.1) is 0 Å². The molecule has 6 heteroatoms. The minimum Gasteiger partial charge on any atom is -0.508 e. The normalized spacial score (nSPS) is 11.6. The molecule has 5 nitrogen and oxygen atoms in total. The Morgan fingerprint density at radius 2 is 1.83 bits per heavy atom. The highest BCUT2D eigenvalue weighted by molar-refractivity contribution is 7.89. The van der Waals surface area contributed by atoms with E-state index in [4.69, 9.17) is 5.11 Å². The van der Waals surface area contributed by atoms with Gasteiger partial charge in [-0.05, 0) is 30.7 Å². The molecule has 0 unspecified atom stereocenters. The fourth-order valence-corrected chi connectivity index (χ4v) is 2.44. The second kappa shape index (κ2) is 7.35. The molecule has 0 aliphatic rings. The van der Waals surface area contributed by atoms with E-state index in [9.17, 15) is 8.42 Å². The first kappa shape index (κ1) is 14.9. The Labute approximate surface area is 108 Å². The lowest BCUT2D eigenvalue weighted by molar-refractivity contribution is 0.475. The number of sulfonamides is 1. The first-order valence-corrected chi connectivity index (χ1v) is 7.64. The van der Waals surface area contributed by atoms with Crippen LogP contribution < -0.4 is 10.0 Å². The Balaban J connectivity index is 2.30. The van der Waals surface area contributed by atoms with E-state index in [0.29, 0.717) is 19.5 Å². The minimum atomic E-state index is -3.19. The zero-order valence-electron chi connectivity index (χ0n) is 10.5. The molecule has 3 N–H and O–H groups in total. The lowest BCUT2D eigenvalue weighted by Gasteiger charge is -2.07. The number of rotatable bonds is 8. The van der Waals surface area contributed by atoms with Crippen LogP contribution in [0.2, 0.25) is 0 Å². The van der Waals surface area contributed by atoms with E-state index in [0.717, 1.165) is 12.1 Å². The number of aromatic hydroxyl groups is 1. The molecule has 0 spiro atoms. The van der Waals surface area contributed by atoms with Gasteiger partial charge >= 0.3 is 0 Å². The maximum atomic E-state index is 11.6. The van der Waals surface area contributed by atoms with Crippen LogP contribution in [0.15, 0.2) is 24.3 Å². The maximum Gasteiger partial charge on any atom is 0.212 e. The molecule has 102 valence electrons. The van der Waals surface area contributed by atoms with Crippen LogP contribution in [0.3, 0.4) is 0 Å². The van der Waals surface area contributed by atoms with Gasteiger partial charge in [0.1, 0.15) is 5.75 Å². The van der Waals surface area contributed by atoms with Gasteiger partial charge in [0.05, 0.1) is 5.75 Å². The number of benzene rings is 1. The summed E-state index contributed by atoms with van der Waals surface area (Å²) in [7, 11) is -3.19. The van der Waals surface area contributed by atoms with Crippen LogP contribution in [0.25, 0.3) is 0 Å². The average Bonchev–Trinajstić information content (AvgIpc) is 2.32. The van der Waals surface area contributed by atoms with Crippen molar-refractivity contribution in [3.63, 3.8) is 0 Å². The lowest BCUT2D eigenvalue weighted by atomic mass is 10.1. The molecule has 0 amide bonds. The summed E-state index contributed by atoms with van der Waals surface area (Å²) >= 11 is 0. The molecule has 0 radical (unpaired) electrons. The topological polar surface area (TPSA) is 78.4 Å². The third-order valence-corrected chi connectivity index (χ3v) is 3.86. The van der Waals surface area contributed by atoms with Crippen molar-refractivity contribution < 1.29 is 13.5 Å². The van der Waals surface area contributed by atoms with Crippen LogP contribution in [0.4, 0.5) is 0 Å². The smallest absolute Gasteiger partial charge is 0.212 e. The van der Waals surface area contributed by atoms with Gasteiger partial charge in [-0.1, -0.05) is 19.1 Å². The van der Waals surface area contributed by atoms with E-state index < -0.39 is 10.0 Å². The molecule has 0 aliphatic heterocycles. The average molecular weight is 272 g/mol. The van der Waals surface area contributed by atoms with Crippen LogP contribution >= 0.6 is 0 Å². The Hall–Kier alpha value is -1.11. The highest BCUT2D eigenvalue weighted by atomic mass is 32.2. The molecule has 0 fully saturated rings. The molecule has 0 saturated heterocycles. The molecular formula is C12H20N2O3S. The summed E-state index contributed by atoms with van der Waals surface area (Å²) in [5.41, 5.74) is 0.988. The number of phenols is 1. The highest BCUT2D eigenvalue weighted by Gasteiger charge is 2.08. The minimum absolute atomic E-state index is 0.0937. The Morgan fingerprint density at radius 3 is 2.44 bits per heavy atom. The van der Waals surface area contributed by atoms with Crippen LogP contribution in [-0.4, -0.2) is 38.9 Å². The van der Waals surface area contributed by atoms with Crippen LogP contribution in [-0.2, 0) is 16.4 Å². The van der Waals surface area contributed by atoms with Crippen LogP contribution in [0, 0.1) is 0 Å². The molecule has 0 saturated carbocycles. The third-order valence-electron chi connectivity index (χ3n) is 2.47. The van der Waals surface area contributed by atoms with E-state index in [-0.39, 0.29) is 11.5 Å². The summed E-state index contributed by atoms with van der Waals surface area (Å²) in [6.07, 6.45) is 0.612. The molecule has 18 heavy (non-hydrogen) atoms.